The van der Waals surface area contributed by atoms with Gasteiger partial charge in [0.1, 0.15) is 5.75 Å². The smallest absolute Gasteiger partial charge is 0.416 e. The molecule has 11 heteroatoms. The lowest BCUT2D eigenvalue weighted by atomic mass is 9.98. The van der Waals surface area contributed by atoms with Gasteiger partial charge in [-0.1, -0.05) is 66.7 Å². The second-order valence-electron chi connectivity index (χ2n) is 10.2. The maximum Gasteiger partial charge on any atom is 0.416 e. The molecule has 0 radical (unpaired) electrons. The summed E-state index contributed by atoms with van der Waals surface area (Å²) < 4.78 is 74.4. The van der Waals surface area contributed by atoms with Gasteiger partial charge >= 0.3 is 6.18 Å². The molecular weight excluding hydrogens is 579 g/mol. The van der Waals surface area contributed by atoms with Gasteiger partial charge in [-0.2, -0.15) is 13.2 Å². The van der Waals surface area contributed by atoms with E-state index in [1.807, 2.05) is 48.5 Å². The number of anilines is 1. The number of para-hydroxylation sites is 1. The quantitative estimate of drug-likeness (QED) is 0.194. The first-order chi connectivity index (χ1) is 20.6. The van der Waals surface area contributed by atoms with Crippen LogP contribution in [0.2, 0.25) is 0 Å². The molecule has 1 amide bonds. The second kappa shape index (κ2) is 12.9. The molecule has 0 saturated carbocycles. The van der Waals surface area contributed by atoms with E-state index in [9.17, 15) is 26.4 Å². The molecule has 3 N–H and O–H groups in total. The van der Waals surface area contributed by atoms with Crippen molar-refractivity contribution < 1.29 is 31.1 Å². The molecule has 1 aliphatic rings. The number of carbonyl (C=O) groups is 1. The lowest BCUT2D eigenvalue weighted by molar-refractivity contribution is -0.137. The molecule has 0 aliphatic carbocycles. The first kappa shape index (κ1) is 30.1. The molecule has 224 valence electrons. The summed E-state index contributed by atoms with van der Waals surface area (Å²) in [6.07, 6.45) is -4.45. The summed E-state index contributed by atoms with van der Waals surface area (Å²) in [6, 6.07) is 26.1. The van der Waals surface area contributed by atoms with Crippen LogP contribution in [0.5, 0.6) is 5.75 Å². The Labute approximate surface area is 248 Å². The largest absolute Gasteiger partial charge is 0.493 e. The first-order valence-electron chi connectivity index (χ1n) is 13.7. The van der Waals surface area contributed by atoms with Gasteiger partial charge in [-0.25, -0.2) is 13.1 Å². The molecule has 5 rings (SSSR count). The van der Waals surface area contributed by atoms with Crippen LogP contribution in [0.3, 0.4) is 0 Å². The van der Waals surface area contributed by atoms with E-state index in [-0.39, 0.29) is 12.5 Å². The predicted octanol–water partition coefficient (Wildman–Crippen LogP) is 6.37. The minimum atomic E-state index is -4.70. The minimum absolute atomic E-state index is 0.270. The third-order valence-electron chi connectivity index (χ3n) is 7.08. The summed E-state index contributed by atoms with van der Waals surface area (Å²) in [5.74, 6) is 0.238. The Bertz CT molecular complexity index is 1670. The van der Waals surface area contributed by atoms with E-state index < -0.39 is 38.6 Å². The highest BCUT2D eigenvalue weighted by molar-refractivity contribution is 7.89. The number of ether oxygens (including phenoxy) is 1. The summed E-state index contributed by atoms with van der Waals surface area (Å²) in [7, 11) is -4.40. The number of hydrogen-bond acceptors (Lipinski definition) is 5. The van der Waals surface area contributed by atoms with E-state index in [1.165, 1.54) is 0 Å². The lowest BCUT2D eigenvalue weighted by Gasteiger charge is -2.28. The van der Waals surface area contributed by atoms with Gasteiger partial charge in [0.15, 0.2) is 0 Å². The first-order valence-corrected chi connectivity index (χ1v) is 15.2. The van der Waals surface area contributed by atoms with Gasteiger partial charge in [-0.15, -0.1) is 0 Å². The van der Waals surface area contributed by atoms with Gasteiger partial charge < -0.3 is 15.4 Å². The average molecular weight is 610 g/mol. The topological polar surface area (TPSA) is 96.5 Å². The molecular formula is C32H30F3N3O4S. The summed E-state index contributed by atoms with van der Waals surface area (Å²) in [5, 5.41) is 6.34. The van der Waals surface area contributed by atoms with Crippen LogP contribution in [-0.2, 0) is 27.5 Å². The molecule has 2 unspecified atom stereocenters. The zero-order valence-corrected chi connectivity index (χ0v) is 23.8. The van der Waals surface area contributed by atoms with E-state index in [1.54, 1.807) is 30.3 Å². The van der Waals surface area contributed by atoms with Crippen molar-refractivity contribution in [2.45, 2.75) is 42.5 Å². The minimum Gasteiger partial charge on any atom is -0.493 e. The molecule has 0 bridgehead atoms. The molecule has 1 heterocycles. The zero-order chi connectivity index (χ0) is 30.5. The van der Waals surface area contributed by atoms with Gasteiger partial charge in [0.25, 0.3) is 0 Å². The Balaban J connectivity index is 1.30. The number of nitrogens with one attached hydrogen (secondary N) is 3. The van der Waals surface area contributed by atoms with Gasteiger partial charge in [0.2, 0.25) is 15.9 Å². The van der Waals surface area contributed by atoms with Crippen LogP contribution in [0.1, 0.15) is 47.2 Å². The fourth-order valence-electron chi connectivity index (χ4n) is 4.90. The Hall–Kier alpha value is -4.35. The number of benzene rings is 4. The molecule has 0 fully saturated rings. The summed E-state index contributed by atoms with van der Waals surface area (Å²) in [4.78, 5) is 12.8. The Morgan fingerprint density at radius 1 is 0.907 bits per heavy atom. The number of rotatable bonds is 10. The van der Waals surface area contributed by atoms with E-state index in [4.69, 9.17) is 4.74 Å². The highest BCUT2D eigenvalue weighted by Gasteiger charge is 2.33. The highest BCUT2D eigenvalue weighted by Crippen LogP contribution is 2.34. The van der Waals surface area contributed by atoms with Crippen molar-refractivity contribution in [3.8, 4) is 5.75 Å². The van der Waals surface area contributed by atoms with Gasteiger partial charge in [-0.3, -0.25) is 4.79 Å². The number of fused-ring (bicyclic) bond motifs is 1. The molecule has 2 atom stereocenters. The Morgan fingerprint density at radius 3 is 2.35 bits per heavy atom. The van der Waals surface area contributed by atoms with E-state index in [0.717, 1.165) is 35.0 Å². The van der Waals surface area contributed by atoms with E-state index in [0.29, 0.717) is 37.0 Å². The van der Waals surface area contributed by atoms with Crippen LogP contribution in [0.25, 0.3) is 0 Å². The number of hydrogen-bond donors (Lipinski definition) is 3. The monoisotopic (exact) mass is 609 g/mol. The summed E-state index contributed by atoms with van der Waals surface area (Å²) >= 11 is 0. The van der Waals surface area contributed by atoms with Crippen molar-refractivity contribution in [2.24, 2.45) is 0 Å². The van der Waals surface area contributed by atoms with Crippen molar-refractivity contribution in [3.63, 3.8) is 0 Å². The molecule has 0 aromatic heterocycles. The number of sulfonamides is 1. The number of alkyl halides is 3. The maximum absolute atomic E-state index is 13.3. The van der Waals surface area contributed by atoms with Crippen molar-refractivity contribution in [2.75, 3.05) is 11.9 Å². The molecule has 4 aromatic rings. The van der Waals surface area contributed by atoms with Crippen LogP contribution < -0.4 is 20.1 Å². The van der Waals surface area contributed by atoms with Crippen molar-refractivity contribution in [1.82, 2.24) is 10.0 Å². The summed E-state index contributed by atoms with van der Waals surface area (Å²) in [6.45, 7) is 0.972. The van der Waals surface area contributed by atoms with Gasteiger partial charge in [0.05, 0.1) is 29.1 Å². The van der Waals surface area contributed by atoms with Crippen molar-refractivity contribution >= 4 is 21.6 Å². The van der Waals surface area contributed by atoms with E-state index in [2.05, 4.69) is 15.4 Å². The van der Waals surface area contributed by atoms with Crippen LogP contribution in [0.15, 0.2) is 108 Å². The van der Waals surface area contributed by atoms with Crippen LogP contribution >= 0.6 is 0 Å². The molecule has 0 saturated heterocycles. The predicted molar refractivity (Wildman–Crippen MR) is 157 cm³/mol. The number of carbonyl (C=O) groups excluding carboxylic acids is 1. The maximum atomic E-state index is 13.3. The molecule has 0 spiro atoms. The molecule has 43 heavy (non-hydrogen) atoms. The molecule has 4 aromatic carbocycles. The zero-order valence-electron chi connectivity index (χ0n) is 23.0. The highest BCUT2D eigenvalue weighted by atomic mass is 32.2. The SMILES string of the molecule is O=C(CC(NS(=O)(=O)c1cccc(C(F)(F)F)c1)c1ccccc1)NC1CCOc2cc(CNc3ccccc3)ccc21. The normalized spacial score (nSPS) is 15.6. The standard InChI is InChI=1S/C32H30F3N3O4S/c33-32(34,35)24-10-7-13-26(19-24)43(40,41)38-29(23-8-3-1-4-9-23)20-31(39)37-28-16-17-42-30-18-22(14-15-27(28)30)21-36-25-11-5-2-6-12-25/h1-15,18-19,28-29,36,38H,16-17,20-21H2,(H,37,39). The third kappa shape index (κ3) is 7.74. The fraction of sp³-hybridized carbons (Fsp3) is 0.219. The molecule has 7 nitrogen and oxygen atoms in total. The molecule has 1 aliphatic heterocycles. The number of halogens is 3. The van der Waals surface area contributed by atoms with Crippen LogP contribution in [0, 0.1) is 0 Å². The average Bonchev–Trinajstić information content (AvgIpc) is 3.00. The second-order valence-corrected chi connectivity index (χ2v) is 11.9. The van der Waals surface area contributed by atoms with Gasteiger partial charge in [0, 0.05) is 30.6 Å². The van der Waals surface area contributed by atoms with Gasteiger partial charge in [-0.05, 0) is 47.5 Å². The van der Waals surface area contributed by atoms with Crippen molar-refractivity contribution in [3.05, 3.63) is 125 Å². The lowest BCUT2D eigenvalue weighted by Crippen LogP contribution is -2.36. The third-order valence-corrected chi connectivity index (χ3v) is 8.55. The van der Waals surface area contributed by atoms with E-state index >= 15 is 0 Å². The Kier molecular flexibility index (Phi) is 9.02. The van der Waals surface area contributed by atoms with Crippen molar-refractivity contribution in [1.29, 1.82) is 0 Å². The Morgan fingerprint density at radius 2 is 1.63 bits per heavy atom. The summed E-state index contributed by atoms with van der Waals surface area (Å²) in [5.41, 5.74) is 2.22. The van der Waals surface area contributed by atoms with Crippen LogP contribution in [0.4, 0.5) is 18.9 Å². The fourth-order valence-corrected chi connectivity index (χ4v) is 6.17. The number of amides is 1. The van der Waals surface area contributed by atoms with Crippen LogP contribution in [-0.4, -0.2) is 20.9 Å².